The van der Waals surface area contributed by atoms with E-state index in [0.29, 0.717) is 16.7 Å². The molecule has 5 nitrogen and oxygen atoms in total. The standard InChI is InChI=1S/C15H18BrFN4O/c1-20(2)13(10-5-4-6-11(17)7-10)9-18-12-8-19-21(3)15(22)14(12)16/h4-8,13,18H,9H2,1-3H3. The van der Waals surface area contributed by atoms with Gasteiger partial charge in [0.15, 0.2) is 0 Å². The number of aromatic nitrogens is 2. The van der Waals surface area contributed by atoms with Crippen LogP contribution in [0.1, 0.15) is 11.6 Å². The minimum atomic E-state index is -0.263. The number of hydrogen-bond donors (Lipinski definition) is 1. The fraction of sp³-hybridized carbons (Fsp3) is 0.333. The van der Waals surface area contributed by atoms with E-state index in [1.165, 1.54) is 16.8 Å². The zero-order valence-corrected chi connectivity index (χ0v) is 14.3. The molecule has 0 spiro atoms. The van der Waals surface area contributed by atoms with Crippen LogP contribution in [0, 0.1) is 5.82 Å². The molecule has 0 aliphatic heterocycles. The van der Waals surface area contributed by atoms with E-state index in [4.69, 9.17) is 0 Å². The Kier molecular flexibility index (Phi) is 5.31. The summed E-state index contributed by atoms with van der Waals surface area (Å²) in [6.45, 7) is 0.518. The molecule has 0 aliphatic carbocycles. The van der Waals surface area contributed by atoms with E-state index in [1.54, 1.807) is 19.3 Å². The maximum Gasteiger partial charge on any atom is 0.282 e. The Morgan fingerprint density at radius 1 is 1.45 bits per heavy atom. The zero-order chi connectivity index (χ0) is 16.3. The molecule has 1 atom stereocenters. The highest BCUT2D eigenvalue weighted by Gasteiger charge is 2.16. The van der Waals surface area contributed by atoms with E-state index < -0.39 is 0 Å². The number of hydrogen-bond acceptors (Lipinski definition) is 4. The second-order valence-corrected chi connectivity index (χ2v) is 6.01. The van der Waals surface area contributed by atoms with Gasteiger partial charge in [-0.05, 0) is 47.7 Å². The van der Waals surface area contributed by atoms with E-state index in [2.05, 4.69) is 26.3 Å². The summed E-state index contributed by atoms with van der Waals surface area (Å²) in [6.07, 6.45) is 1.59. The van der Waals surface area contributed by atoms with Crippen molar-refractivity contribution in [3.05, 3.63) is 56.7 Å². The molecule has 22 heavy (non-hydrogen) atoms. The first-order valence-corrected chi connectivity index (χ1v) is 7.57. The third kappa shape index (κ3) is 3.72. The van der Waals surface area contributed by atoms with E-state index in [0.717, 1.165) is 5.56 Å². The van der Waals surface area contributed by atoms with Crippen molar-refractivity contribution < 1.29 is 4.39 Å². The van der Waals surface area contributed by atoms with Crippen LogP contribution in [0.4, 0.5) is 10.1 Å². The highest BCUT2D eigenvalue weighted by atomic mass is 79.9. The topological polar surface area (TPSA) is 50.2 Å². The van der Waals surface area contributed by atoms with E-state index in [1.807, 2.05) is 25.1 Å². The van der Waals surface area contributed by atoms with Crippen LogP contribution >= 0.6 is 15.9 Å². The van der Waals surface area contributed by atoms with Crippen molar-refractivity contribution in [2.24, 2.45) is 7.05 Å². The second kappa shape index (κ2) is 7.02. The summed E-state index contributed by atoms with van der Waals surface area (Å²) >= 11 is 3.28. The second-order valence-electron chi connectivity index (χ2n) is 5.22. The van der Waals surface area contributed by atoms with Crippen molar-refractivity contribution in [1.82, 2.24) is 14.7 Å². The lowest BCUT2D eigenvalue weighted by atomic mass is 10.1. The maximum absolute atomic E-state index is 13.4. The van der Waals surface area contributed by atoms with Crippen LogP contribution in [0.25, 0.3) is 0 Å². The van der Waals surface area contributed by atoms with Gasteiger partial charge in [-0.25, -0.2) is 9.07 Å². The molecule has 1 aromatic heterocycles. The van der Waals surface area contributed by atoms with Crippen LogP contribution < -0.4 is 10.9 Å². The lowest BCUT2D eigenvalue weighted by Gasteiger charge is -2.25. The molecule has 0 radical (unpaired) electrons. The predicted molar refractivity (Wildman–Crippen MR) is 88.5 cm³/mol. The minimum Gasteiger partial charge on any atom is -0.381 e. The van der Waals surface area contributed by atoms with E-state index in [9.17, 15) is 9.18 Å². The van der Waals surface area contributed by atoms with Gasteiger partial charge in [0.25, 0.3) is 5.56 Å². The van der Waals surface area contributed by atoms with Crippen LogP contribution in [0.2, 0.25) is 0 Å². The average molecular weight is 369 g/mol. The highest BCUT2D eigenvalue weighted by molar-refractivity contribution is 9.10. The number of rotatable bonds is 5. The third-order valence-corrected chi connectivity index (χ3v) is 4.19. The lowest BCUT2D eigenvalue weighted by molar-refractivity contribution is 0.311. The lowest BCUT2D eigenvalue weighted by Crippen LogP contribution is -2.28. The quantitative estimate of drug-likeness (QED) is 0.880. The monoisotopic (exact) mass is 368 g/mol. The molecule has 0 amide bonds. The van der Waals surface area contributed by atoms with Crippen LogP contribution in [0.15, 0.2) is 39.7 Å². The van der Waals surface area contributed by atoms with Gasteiger partial charge in [0, 0.05) is 13.6 Å². The fourth-order valence-electron chi connectivity index (χ4n) is 2.15. The summed E-state index contributed by atoms with van der Waals surface area (Å²) in [5, 5.41) is 7.18. The number of benzene rings is 1. The molecule has 0 bridgehead atoms. The Bertz CT molecular complexity index is 717. The van der Waals surface area contributed by atoms with Crippen molar-refractivity contribution in [3.8, 4) is 0 Å². The summed E-state index contributed by atoms with van der Waals surface area (Å²) in [7, 11) is 5.44. The van der Waals surface area contributed by atoms with Gasteiger partial charge in [-0.3, -0.25) is 4.79 Å². The maximum atomic E-state index is 13.4. The highest BCUT2D eigenvalue weighted by Crippen LogP contribution is 2.22. The van der Waals surface area contributed by atoms with Gasteiger partial charge in [0.05, 0.1) is 17.9 Å². The number of likely N-dealkylation sites (N-methyl/N-ethyl adjacent to an activating group) is 1. The Morgan fingerprint density at radius 2 is 2.18 bits per heavy atom. The molecule has 0 saturated carbocycles. The van der Waals surface area contributed by atoms with Gasteiger partial charge < -0.3 is 10.2 Å². The number of anilines is 1. The SMILES string of the molecule is CN(C)C(CNc1cnn(C)c(=O)c1Br)c1cccc(F)c1. The molecular formula is C15H18BrFN4O. The summed E-state index contributed by atoms with van der Waals surface area (Å²) in [5.74, 6) is -0.263. The molecule has 118 valence electrons. The summed E-state index contributed by atoms with van der Waals surface area (Å²) in [5.41, 5.74) is 1.27. The van der Waals surface area contributed by atoms with Crippen molar-refractivity contribution in [2.45, 2.75) is 6.04 Å². The molecule has 0 saturated heterocycles. The third-order valence-electron chi connectivity index (χ3n) is 3.42. The van der Waals surface area contributed by atoms with Gasteiger partial charge in [-0.2, -0.15) is 5.10 Å². The normalized spacial score (nSPS) is 12.5. The first-order chi connectivity index (χ1) is 10.4. The Morgan fingerprint density at radius 3 is 2.82 bits per heavy atom. The van der Waals surface area contributed by atoms with E-state index >= 15 is 0 Å². The van der Waals surface area contributed by atoms with Crippen LogP contribution in [0.3, 0.4) is 0 Å². The van der Waals surface area contributed by atoms with Crippen LogP contribution in [-0.2, 0) is 7.05 Å². The first kappa shape index (κ1) is 16.6. The number of nitrogens with one attached hydrogen (secondary N) is 1. The molecule has 2 rings (SSSR count). The number of aryl methyl sites for hydroxylation is 1. The Hall–Kier alpha value is -1.73. The molecule has 0 fully saturated rings. The molecule has 1 aromatic carbocycles. The molecule has 1 unspecified atom stereocenters. The van der Waals surface area contributed by atoms with Crippen molar-refractivity contribution in [1.29, 1.82) is 0 Å². The van der Waals surface area contributed by atoms with Crippen LogP contribution in [0.5, 0.6) is 0 Å². The van der Waals surface area contributed by atoms with Gasteiger partial charge >= 0.3 is 0 Å². The first-order valence-electron chi connectivity index (χ1n) is 6.77. The summed E-state index contributed by atoms with van der Waals surface area (Å²) < 4.78 is 15.1. The van der Waals surface area contributed by atoms with Crippen molar-refractivity contribution in [2.75, 3.05) is 26.0 Å². The molecule has 2 aromatic rings. The molecule has 1 N–H and O–H groups in total. The number of halogens is 2. The van der Waals surface area contributed by atoms with Gasteiger partial charge in [-0.15, -0.1) is 0 Å². The molecular weight excluding hydrogens is 351 g/mol. The fourth-order valence-corrected chi connectivity index (χ4v) is 2.65. The van der Waals surface area contributed by atoms with Crippen LogP contribution in [-0.4, -0.2) is 35.3 Å². The summed E-state index contributed by atoms with van der Waals surface area (Å²) in [4.78, 5) is 13.8. The summed E-state index contributed by atoms with van der Waals surface area (Å²) in [6, 6.07) is 6.48. The smallest absolute Gasteiger partial charge is 0.282 e. The molecule has 1 heterocycles. The number of nitrogens with zero attached hydrogens (tertiary/aromatic N) is 3. The minimum absolute atomic E-state index is 0.0355. The van der Waals surface area contributed by atoms with Crippen molar-refractivity contribution in [3.63, 3.8) is 0 Å². The van der Waals surface area contributed by atoms with Gasteiger partial charge in [0.1, 0.15) is 10.3 Å². The van der Waals surface area contributed by atoms with E-state index in [-0.39, 0.29) is 17.4 Å². The van der Waals surface area contributed by atoms with Gasteiger partial charge in [-0.1, -0.05) is 12.1 Å². The average Bonchev–Trinajstić information content (AvgIpc) is 2.47. The Balaban J connectivity index is 2.20. The largest absolute Gasteiger partial charge is 0.381 e. The van der Waals surface area contributed by atoms with Gasteiger partial charge in [0.2, 0.25) is 0 Å². The Labute approximate surface area is 136 Å². The molecule has 0 aliphatic rings. The molecule has 7 heteroatoms. The zero-order valence-electron chi connectivity index (χ0n) is 12.7. The predicted octanol–water partition coefficient (Wildman–Crippen LogP) is 2.40. The van der Waals surface area contributed by atoms with Crippen molar-refractivity contribution >= 4 is 21.6 Å².